The summed E-state index contributed by atoms with van der Waals surface area (Å²) in [5.41, 5.74) is 7.27. The van der Waals surface area contributed by atoms with Crippen molar-refractivity contribution in [1.29, 1.82) is 0 Å². The van der Waals surface area contributed by atoms with Crippen molar-refractivity contribution in [1.82, 2.24) is 4.90 Å². The highest BCUT2D eigenvalue weighted by molar-refractivity contribution is 5.18. The van der Waals surface area contributed by atoms with Crippen LogP contribution in [0.2, 0.25) is 0 Å². The van der Waals surface area contributed by atoms with Crippen molar-refractivity contribution in [3.8, 4) is 0 Å². The zero-order chi connectivity index (χ0) is 16.7. The molecule has 0 heterocycles. The zero-order valence-corrected chi connectivity index (χ0v) is 15.7. The number of allylic oxidation sites excluding steroid dienone is 1. The topological polar surface area (TPSA) is 38.5 Å². The van der Waals surface area contributed by atoms with Gasteiger partial charge in [0.25, 0.3) is 0 Å². The second kappa shape index (κ2) is 9.47. The van der Waals surface area contributed by atoms with E-state index in [0.29, 0.717) is 36.5 Å². The van der Waals surface area contributed by atoms with E-state index in [4.69, 9.17) is 10.5 Å². The third-order valence-electron chi connectivity index (χ3n) is 4.18. The van der Waals surface area contributed by atoms with Gasteiger partial charge in [0.1, 0.15) is 0 Å². The lowest BCUT2D eigenvalue weighted by atomic mass is 9.90. The summed E-state index contributed by atoms with van der Waals surface area (Å²) in [6.45, 7) is 18.7. The lowest BCUT2D eigenvalue weighted by Gasteiger charge is -2.39. The first kappa shape index (κ1) is 20.5. The molecule has 0 aliphatic carbocycles. The summed E-state index contributed by atoms with van der Waals surface area (Å²) in [4.78, 5) is 2.56. The van der Waals surface area contributed by atoms with E-state index in [2.05, 4.69) is 60.3 Å². The van der Waals surface area contributed by atoms with Gasteiger partial charge in [0, 0.05) is 24.0 Å². The quantitative estimate of drug-likeness (QED) is 0.653. The lowest BCUT2D eigenvalue weighted by Crippen LogP contribution is -2.45. The maximum Gasteiger partial charge on any atom is 0.0988 e. The summed E-state index contributed by atoms with van der Waals surface area (Å²) < 4.78 is 5.76. The molecule has 3 nitrogen and oxygen atoms in total. The third-order valence-corrected chi connectivity index (χ3v) is 4.18. The van der Waals surface area contributed by atoms with Gasteiger partial charge in [0.2, 0.25) is 0 Å². The zero-order valence-electron chi connectivity index (χ0n) is 15.7. The molecule has 0 amide bonds. The largest absolute Gasteiger partial charge is 0.501 e. The molecule has 2 atom stereocenters. The average molecular weight is 299 g/mol. The molecule has 126 valence electrons. The van der Waals surface area contributed by atoms with Crippen LogP contribution in [0.15, 0.2) is 11.3 Å². The first-order valence-electron chi connectivity index (χ1n) is 8.41. The first-order chi connectivity index (χ1) is 9.67. The van der Waals surface area contributed by atoms with Gasteiger partial charge in [0.05, 0.1) is 12.9 Å². The second-order valence-corrected chi connectivity index (χ2v) is 7.10. The van der Waals surface area contributed by atoms with Crippen molar-refractivity contribution in [3.05, 3.63) is 11.3 Å². The van der Waals surface area contributed by atoms with Crippen LogP contribution in [0.3, 0.4) is 0 Å². The summed E-state index contributed by atoms with van der Waals surface area (Å²) >= 11 is 0. The fraction of sp³-hybridized carbons (Fsp3) is 0.889. The third kappa shape index (κ3) is 5.99. The summed E-state index contributed by atoms with van der Waals surface area (Å²) in [6.07, 6.45) is 1.01. The SMILES string of the molecule is COC(=C(CC(C)CN)C(C)N(C(C)C)C(C)C)C(C)C. The van der Waals surface area contributed by atoms with E-state index in [1.807, 2.05) is 0 Å². The minimum absolute atomic E-state index is 0.372. The van der Waals surface area contributed by atoms with Crippen LogP contribution in [0, 0.1) is 11.8 Å². The molecule has 0 aliphatic rings. The Morgan fingerprint density at radius 1 is 0.952 bits per heavy atom. The van der Waals surface area contributed by atoms with Crippen molar-refractivity contribution >= 4 is 0 Å². The van der Waals surface area contributed by atoms with E-state index in [0.717, 1.165) is 12.2 Å². The fourth-order valence-corrected chi connectivity index (χ4v) is 3.34. The number of methoxy groups -OCH3 is 1. The normalized spacial score (nSPS) is 16.7. The Balaban J connectivity index is 5.66. The molecule has 0 saturated heterocycles. The van der Waals surface area contributed by atoms with Crippen LogP contribution in [0.25, 0.3) is 0 Å². The highest BCUT2D eigenvalue weighted by Crippen LogP contribution is 2.29. The van der Waals surface area contributed by atoms with Gasteiger partial charge in [-0.3, -0.25) is 4.90 Å². The van der Waals surface area contributed by atoms with E-state index in [1.54, 1.807) is 7.11 Å². The summed E-state index contributed by atoms with van der Waals surface area (Å²) in [5.74, 6) is 2.01. The van der Waals surface area contributed by atoms with E-state index in [9.17, 15) is 0 Å². The van der Waals surface area contributed by atoms with E-state index >= 15 is 0 Å². The fourth-order valence-electron chi connectivity index (χ4n) is 3.34. The Hall–Kier alpha value is -0.540. The van der Waals surface area contributed by atoms with Gasteiger partial charge in [-0.25, -0.2) is 0 Å². The predicted octanol–water partition coefficient (Wildman–Crippen LogP) is 4.04. The Bertz CT molecular complexity index is 313. The Morgan fingerprint density at radius 3 is 1.71 bits per heavy atom. The molecule has 0 radical (unpaired) electrons. The van der Waals surface area contributed by atoms with Crippen molar-refractivity contribution in [2.75, 3.05) is 13.7 Å². The van der Waals surface area contributed by atoms with Crippen LogP contribution in [-0.2, 0) is 4.74 Å². The molecule has 0 aliphatic heterocycles. The van der Waals surface area contributed by atoms with Crippen LogP contribution < -0.4 is 5.73 Å². The lowest BCUT2D eigenvalue weighted by molar-refractivity contribution is 0.130. The van der Waals surface area contributed by atoms with E-state index in [-0.39, 0.29) is 0 Å². The van der Waals surface area contributed by atoms with Crippen LogP contribution >= 0.6 is 0 Å². The molecular weight excluding hydrogens is 260 g/mol. The van der Waals surface area contributed by atoms with Crippen molar-refractivity contribution in [3.63, 3.8) is 0 Å². The predicted molar refractivity (Wildman–Crippen MR) is 93.3 cm³/mol. The molecule has 21 heavy (non-hydrogen) atoms. The Morgan fingerprint density at radius 2 is 1.43 bits per heavy atom. The molecular formula is C18H38N2O. The van der Waals surface area contributed by atoms with Crippen molar-refractivity contribution < 1.29 is 4.74 Å². The van der Waals surface area contributed by atoms with Gasteiger partial charge in [0.15, 0.2) is 0 Å². The molecule has 3 heteroatoms. The molecule has 0 fully saturated rings. The van der Waals surface area contributed by atoms with Gasteiger partial charge in [-0.15, -0.1) is 0 Å². The molecule has 0 aromatic heterocycles. The van der Waals surface area contributed by atoms with Crippen molar-refractivity contribution in [2.45, 2.75) is 79.9 Å². The summed E-state index contributed by atoms with van der Waals surface area (Å²) in [6, 6.07) is 1.39. The van der Waals surface area contributed by atoms with Crippen molar-refractivity contribution in [2.24, 2.45) is 17.6 Å². The molecule has 2 N–H and O–H groups in total. The number of nitrogens with zero attached hydrogens (tertiary/aromatic N) is 1. The number of hydrogen-bond donors (Lipinski definition) is 1. The number of hydrogen-bond acceptors (Lipinski definition) is 3. The first-order valence-corrected chi connectivity index (χ1v) is 8.41. The maximum absolute atomic E-state index is 5.86. The Labute approximate surface area is 132 Å². The molecule has 0 bridgehead atoms. The summed E-state index contributed by atoms with van der Waals surface area (Å²) in [5, 5.41) is 0. The molecule has 0 aromatic rings. The van der Waals surface area contributed by atoms with E-state index < -0.39 is 0 Å². The standard InChI is InChI=1S/C18H38N2O/c1-12(2)18(21-9)17(10-15(7)11-19)16(8)20(13(3)4)14(5)6/h12-16H,10-11,19H2,1-9H3. The van der Waals surface area contributed by atoms with Crippen LogP contribution in [-0.4, -0.2) is 36.7 Å². The van der Waals surface area contributed by atoms with Gasteiger partial charge in [-0.1, -0.05) is 20.8 Å². The second-order valence-electron chi connectivity index (χ2n) is 7.10. The molecule has 0 saturated carbocycles. The summed E-state index contributed by atoms with van der Waals surface area (Å²) in [7, 11) is 1.80. The van der Waals surface area contributed by atoms with Crippen LogP contribution in [0.5, 0.6) is 0 Å². The average Bonchev–Trinajstić information content (AvgIpc) is 2.36. The minimum atomic E-state index is 0.372. The van der Waals surface area contributed by atoms with Crippen LogP contribution in [0.1, 0.15) is 61.8 Å². The number of rotatable bonds is 9. The molecule has 0 rings (SSSR count). The van der Waals surface area contributed by atoms with Gasteiger partial charge >= 0.3 is 0 Å². The van der Waals surface area contributed by atoms with Gasteiger partial charge in [-0.05, 0) is 59.1 Å². The molecule has 2 unspecified atom stereocenters. The monoisotopic (exact) mass is 298 g/mol. The smallest absolute Gasteiger partial charge is 0.0988 e. The van der Waals surface area contributed by atoms with Crippen LogP contribution in [0.4, 0.5) is 0 Å². The molecule has 0 aromatic carbocycles. The Kier molecular flexibility index (Phi) is 9.23. The maximum atomic E-state index is 5.86. The van der Waals surface area contributed by atoms with Gasteiger partial charge < -0.3 is 10.5 Å². The number of nitrogens with two attached hydrogens (primary N) is 1. The highest BCUT2D eigenvalue weighted by Gasteiger charge is 2.27. The van der Waals surface area contributed by atoms with Gasteiger partial charge in [-0.2, -0.15) is 0 Å². The molecule has 0 spiro atoms. The highest BCUT2D eigenvalue weighted by atomic mass is 16.5. The number of ether oxygens (including phenoxy) is 1. The van der Waals surface area contributed by atoms with E-state index in [1.165, 1.54) is 5.57 Å². The minimum Gasteiger partial charge on any atom is -0.501 e.